The number of aromatic nitrogens is 2. The fourth-order valence-electron chi connectivity index (χ4n) is 2.77. The number of benzene rings is 2. The molecule has 0 spiro atoms. The molecule has 0 saturated carbocycles. The van der Waals surface area contributed by atoms with Crippen LogP contribution in [0.15, 0.2) is 71.5 Å². The second kappa shape index (κ2) is 10.9. The maximum atomic E-state index is 13.7. The van der Waals surface area contributed by atoms with Crippen molar-refractivity contribution in [3.05, 3.63) is 94.2 Å². The molecule has 0 aliphatic carbocycles. The van der Waals surface area contributed by atoms with E-state index in [4.69, 9.17) is 9.47 Å². The summed E-state index contributed by atoms with van der Waals surface area (Å²) < 4.78 is 25.4. The molecule has 0 aliphatic heterocycles. The molecule has 0 N–H and O–H groups in total. The molecule has 0 saturated heterocycles. The lowest BCUT2D eigenvalue weighted by Crippen LogP contribution is -2.32. The van der Waals surface area contributed by atoms with E-state index < -0.39 is 29.9 Å². The van der Waals surface area contributed by atoms with Crippen LogP contribution in [0.4, 0.5) is 4.39 Å². The molecule has 3 rings (SSSR count). The highest BCUT2D eigenvalue weighted by Gasteiger charge is 2.16. The lowest BCUT2D eigenvalue weighted by Gasteiger charge is -2.17. The number of esters is 1. The Labute approximate surface area is 183 Å². The molecule has 8 nitrogen and oxygen atoms in total. The van der Waals surface area contributed by atoms with E-state index in [1.807, 2.05) is 18.2 Å². The Morgan fingerprint density at radius 3 is 2.50 bits per heavy atom. The van der Waals surface area contributed by atoms with E-state index in [1.165, 1.54) is 30.1 Å². The van der Waals surface area contributed by atoms with Gasteiger partial charge in [0.15, 0.2) is 12.3 Å². The molecule has 166 valence electrons. The number of carbonyl (C=O) groups excluding carboxylic acids is 2. The van der Waals surface area contributed by atoms with Crippen LogP contribution in [-0.2, 0) is 22.6 Å². The first-order valence-corrected chi connectivity index (χ1v) is 9.84. The quantitative estimate of drug-likeness (QED) is 0.475. The fraction of sp³-hybridized carbons (Fsp3) is 0.217. The fourth-order valence-corrected chi connectivity index (χ4v) is 2.77. The largest absolute Gasteiger partial charge is 0.492 e. The van der Waals surface area contributed by atoms with Crippen molar-refractivity contribution in [2.75, 3.05) is 20.3 Å². The first kappa shape index (κ1) is 22.7. The summed E-state index contributed by atoms with van der Waals surface area (Å²) in [5.74, 6) is -1.14. The monoisotopic (exact) mass is 439 g/mol. The van der Waals surface area contributed by atoms with Crippen LogP contribution in [0.3, 0.4) is 0 Å². The van der Waals surface area contributed by atoms with Gasteiger partial charge in [0.1, 0.15) is 18.2 Å². The van der Waals surface area contributed by atoms with Crippen LogP contribution in [0, 0.1) is 5.82 Å². The van der Waals surface area contributed by atoms with Crippen molar-refractivity contribution in [2.24, 2.45) is 0 Å². The number of likely N-dealkylation sites (N-methyl/N-ethyl adjacent to an activating group) is 1. The van der Waals surface area contributed by atoms with Gasteiger partial charge in [-0.15, -0.1) is 0 Å². The molecule has 0 radical (unpaired) electrons. The molecule has 1 heterocycles. The van der Waals surface area contributed by atoms with Gasteiger partial charge in [0.2, 0.25) is 0 Å². The van der Waals surface area contributed by atoms with Crippen LogP contribution in [0.5, 0.6) is 5.75 Å². The number of hydrogen-bond donors (Lipinski definition) is 0. The Kier molecular flexibility index (Phi) is 7.69. The van der Waals surface area contributed by atoms with E-state index in [0.717, 1.165) is 4.68 Å². The number of nitrogens with zero attached hydrogens (tertiary/aromatic N) is 3. The van der Waals surface area contributed by atoms with Crippen molar-refractivity contribution in [3.63, 3.8) is 0 Å². The average molecular weight is 439 g/mol. The first-order valence-electron chi connectivity index (χ1n) is 9.84. The zero-order valence-corrected chi connectivity index (χ0v) is 17.4. The van der Waals surface area contributed by atoms with Crippen LogP contribution < -0.4 is 10.3 Å². The molecular formula is C23H22FN3O5. The third kappa shape index (κ3) is 6.24. The van der Waals surface area contributed by atoms with Crippen LogP contribution in [0.25, 0.3) is 0 Å². The van der Waals surface area contributed by atoms with Crippen LogP contribution in [-0.4, -0.2) is 46.8 Å². The van der Waals surface area contributed by atoms with Crippen LogP contribution >= 0.6 is 0 Å². The van der Waals surface area contributed by atoms with E-state index in [9.17, 15) is 18.8 Å². The summed E-state index contributed by atoms with van der Waals surface area (Å²) in [6.07, 6.45) is 0. The van der Waals surface area contributed by atoms with Gasteiger partial charge in [-0.25, -0.2) is 13.9 Å². The van der Waals surface area contributed by atoms with Gasteiger partial charge in [-0.3, -0.25) is 9.59 Å². The van der Waals surface area contributed by atoms with Crippen molar-refractivity contribution in [2.45, 2.75) is 13.1 Å². The molecule has 0 atom stereocenters. The summed E-state index contributed by atoms with van der Waals surface area (Å²) in [5.41, 5.74) is -0.172. The van der Waals surface area contributed by atoms with E-state index in [-0.39, 0.29) is 25.4 Å². The number of hydrogen-bond acceptors (Lipinski definition) is 6. The summed E-state index contributed by atoms with van der Waals surface area (Å²) in [6, 6.07) is 17.6. The van der Waals surface area contributed by atoms with Crippen LogP contribution in [0.2, 0.25) is 0 Å². The van der Waals surface area contributed by atoms with Crippen LogP contribution in [0.1, 0.15) is 16.1 Å². The minimum absolute atomic E-state index is 0.0353. The molecule has 0 bridgehead atoms. The molecule has 0 unspecified atom stereocenters. The molecule has 32 heavy (non-hydrogen) atoms. The third-order valence-corrected chi connectivity index (χ3v) is 4.51. The van der Waals surface area contributed by atoms with Gasteiger partial charge in [0.25, 0.3) is 11.5 Å². The number of para-hydroxylation sites is 1. The predicted molar refractivity (Wildman–Crippen MR) is 114 cm³/mol. The minimum Gasteiger partial charge on any atom is -0.492 e. The Hall–Kier alpha value is -4.01. The molecule has 0 fully saturated rings. The number of rotatable bonds is 9. The summed E-state index contributed by atoms with van der Waals surface area (Å²) >= 11 is 0. The summed E-state index contributed by atoms with van der Waals surface area (Å²) in [7, 11) is 1.48. The standard InChI is InChI=1S/C23H22FN3O5/c1-26(15-17-7-5-6-10-19(17)24)22(29)16-32-23(30)20-11-12-21(28)27(25-20)13-14-31-18-8-3-2-4-9-18/h2-12H,13-16H2,1H3. The molecule has 1 aromatic heterocycles. The van der Waals surface area contributed by atoms with Crippen molar-refractivity contribution < 1.29 is 23.5 Å². The topological polar surface area (TPSA) is 90.7 Å². The lowest BCUT2D eigenvalue weighted by atomic mass is 10.2. The Morgan fingerprint density at radius 2 is 1.75 bits per heavy atom. The van der Waals surface area contributed by atoms with Crippen molar-refractivity contribution >= 4 is 11.9 Å². The molecule has 0 aliphatic rings. The number of ether oxygens (including phenoxy) is 2. The molecule has 9 heteroatoms. The summed E-state index contributed by atoms with van der Waals surface area (Å²) in [6.45, 7) is -0.205. The maximum absolute atomic E-state index is 13.7. The normalized spacial score (nSPS) is 10.4. The van der Waals surface area contributed by atoms with E-state index in [2.05, 4.69) is 5.10 Å². The molecule has 3 aromatic rings. The van der Waals surface area contributed by atoms with Gasteiger partial charge in [-0.2, -0.15) is 5.10 Å². The van der Waals surface area contributed by atoms with Gasteiger partial charge < -0.3 is 14.4 Å². The molecule has 2 aromatic carbocycles. The summed E-state index contributed by atoms with van der Waals surface area (Å²) in [5, 5.41) is 3.98. The van der Waals surface area contributed by atoms with Gasteiger partial charge in [-0.05, 0) is 24.3 Å². The second-order valence-corrected chi connectivity index (χ2v) is 6.86. The molecule has 1 amide bonds. The Balaban J connectivity index is 1.53. The zero-order valence-electron chi connectivity index (χ0n) is 17.4. The van der Waals surface area contributed by atoms with Gasteiger partial charge in [0, 0.05) is 25.2 Å². The maximum Gasteiger partial charge on any atom is 0.359 e. The van der Waals surface area contributed by atoms with E-state index >= 15 is 0 Å². The minimum atomic E-state index is -0.852. The van der Waals surface area contributed by atoms with E-state index in [0.29, 0.717) is 11.3 Å². The number of halogens is 1. The van der Waals surface area contributed by atoms with Gasteiger partial charge in [0.05, 0.1) is 6.54 Å². The highest BCUT2D eigenvalue weighted by atomic mass is 19.1. The van der Waals surface area contributed by atoms with Crippen molar-refractivity contribution in [1.29, 1.82) is 0 Å². The number of amides is 1. The predicted octanol–water partition coefficient (Wildman–Crippen LogP) is 2.28. The highest BCUT2D eigenvalue weighted by Crippen LogP contribution is 2.09. The highest BCUT2D eigenvalue weighted by molar-refractivity contribution is 5.89. The third-order valence-electron chi connectivity index (χ3n) is 4.51. The molecular weight excluding hydrogens is 417 g/mol. The Morgan fingerprint density at radius 1 is 1.03 bits per heavy atom. The summed E-state index contributed by atoms with van der Waals surface area (Å²) in [4.78, 5) is 37.8. The zero-order chi connectivity index (χ0) is 22.9. The van der Waals surface area contributed by atoms with Gasteiger partial charge in [-0.1, -0.05) is 36.4 Å². The smallest absolute Gasteiger partial charge is 0.359 e. The Bertz CT molecular complexity index is 1130. The van der Waals surface area contributed by atoms with Crippen molar-refractivity contribution in [3.8, 4) is 5.75 Å². The average Bonchev–Trinajstić information content (AvgIpc) is 2.80. The SMILES string of the molecule is CN(Cc1ccccc1F)C(=O)COC(=O)c1ccc(=O)n(CCOc2ccccc2)n1. The van der Waals surface area contributed by atoms with Gasteiger partial charge >= 0.3 is 5.97 Å². The number of carbonyl (C=O) groups is 2. The van der Waals surface area contributed by atoms with E-state index in [1.54, 1.807) is 30.3 Å². The second-order valence-electron chi connectivity index (χ2n) is 6.86. The first-order chi connectivity index (χ1) is 15.4. The lowest BCUT2D eigenvalue weighted by molar-refractivity contribution is -0.133. The van der Waals surface area contributed by atoms with Crippen molar-refractivity contribution in [1.82, 2.24) is 14.7 Å².